The van der Waals surface area contributed by atoms with E-state index >= 15 is 0 Å². The molecule has 0 aliphatic heterocycles. The monoisotopic (exact) mass is 832 g/mol. The smallest absolute Gasteiger partial charge is 0.340 e. The van der Waals surface area contributed by atoms with Crippen LogP contribution in [-0.4, -0.2) is 40.8 Å². The molecule has 0 bridgehead atoms. The number of halogens is 1. The lowest BCUT2D eigenvalue weighted by atomic mass is 10.1. The van der Waals surface area contributed by atoms with E-state index in [0.717, 1.165) is 50.7 Å². The molecule has 0 aliphatic rings. The van der Waals surface area contributed by atoms with Gasteiger partial charge in [-0.15, -0.1) is 0 Å². The number of alkyl halides is 1. The molecule has 6 aromatic carbocycles. The number of benzene rings is 6. The predicted octanol–water partition coefficient (Wildman–Crippen LogP) is 12.0. The Morgan fingerprint density at radius 3 is 1.57 bits per heavy atom. The molecule has 0 fully saturated rings. The molecule has 1 N–H and O–H groups in total. The third-order valence-corrected chi connectivity index (χ3v) is 9.04. The first-order valence-electron chi connectivity index (χ1n) is 18.9. The van der Waals surface area contributed by atoms with Crippen molar-refractivity contribution in [2.45, 2.75) is 13.8 Å². The van der Waals surface area contributed by atoms with Gasteiger partial charge in [0.1, 0.15) is 0 Å². The number of aromatic nitrogens is 1. The van der Waals surface area contributed by atoms with Crippen LogP contribution in [0.4, 0.5) is 5.69 Å². The van der Waals surface area contributed by atoms with Gasteiger partial charge < -0.3 is 19.4 Å². The fourth-order valence-corrected chi connectivity index (χ4v) is 6.24. The summed E-state index contributed by atoms with van der Waals surface area (Å²) in [5.41, 5.74) is 8.70. The molecule has 0 unspecified atom stereocenters. The zero-order valence-electron chi connectivity index (χ0n) is 32.5. The van der Waals surface area contributed by atoms with Gasteiger partial charge >= 0.3 is 11.9 Å². The van der Waals surface area contributed by atoms with Crippen molar-refractivity contribution in [3.63, 3.8) is 0 Å². The molecule has 0 aliphatic carbocycles. The zero-order chi connectivity index (χ0) is 41.0. The molecule has 0 radical (unpaired) electrons. The minimum Gasteiger partial charge on any atom is -0.463 e. The van der Waals surface area contributed by atoms with Crippen molar-refractivity contribution in [1.29, 1.82) is 0 Å². The lowest BCUT2D eigenvalue weighted by Crippen LogP contribution is -2.07. The molecule has 8 heteroatoms. The highest BCUT2D eigenvalue weighted by Crippen LogP contribution is 2.36. The fraction of sp³-hybridized carbons (Fsp3) is 0.100. The molecule has 0 amide bonds. The van der Waals surface area contributed by atoms with Gasteiger partial charge in [0.15, 0.2) is 5.78 Å². The highest BCUT2D eigenvalue weighted by atomic mass is 79.9. The minimum atomic E-state index is -0.352. The summed E-state index contributed by atoms with van der Waals surface area (Å²) in [6, 6.07) is 60.7. The van der Waals surface area contributed by atoms with Crippen LogP contribution in [0.2, 0.25) is 0 Å². The molecular formula is C50H45BrN2O5. The van der Waals surface area contributed by atoms with Crippen LogP contribution < -0.4 is 5.32 Å². The largest absolute Gasteiger partial charge is 0.463 e. The molecule has 0 atom stereocenters. The number of hydrogen-bond acceptors (Lipinski definition) is 6. The number of anilines is 1. The summed E-state index contributed by atoms with van der Waals surface area (Å²) in [7, 11) is 0. The first-order chi connectivity index (χ1) is 28.4. The van der Waals surface area contributed by atoms with Crippen LogP contribution in [0.25, 0.3) is 33.9 Å². The molecule has 1 heterocycles. The maximum absolute atomic E-state index is 12.8. The predicted molar refractivity (Wildman–Crippen MR) is 238 cm³/mol. The van der Waals surface area contributed by atoms with Gasteiger partial charge in [0.25, 0.3) is 0 Å². The lowest BCUT2D eigenvalue weighted by molar-refractivity contribution is -0.137. The number of esters is 2. The zero-order valence-corrected chi connectivity index (χ0v) is 34.0. The first kappa shape index (κ1) is 42.4. The second kappa shape index (κ2) is 22.7. The van der Waals surface area contributed by atoms with Gasteiger partial charge in [-0.3, -0.25) is 4.79 Å². The first-order valence-corrected chi connectivity index (χ1v) is 20.0. The van der Waals surface area contributed by atoms with Crippen molar-refractivity contribution >= 4 is 45.0 Å². The Hall–Kier alpha value is -6.77. The Balaban J connectivity index is 0.000000185. The molecule has 0 saturated carbocycles. The highest BCUT2D eigenvalue weighted by Gasteiger charge is 2.24. The third-order valence-electron chi connectivity index (χ3n) is 8.53. The van der Waals surface area contributed by atoms with Crippen LogP contribution in [0.5, 0.6) is 0 Å². The second-order valence-corrected chi connectivity index (χ2v) is 13.1. The number of Topliss-reactive ketones (excluding diaryl/α,β-unsaturated/α-hetero) is 1. The summed E-state index contributed by atoms with van der Waals surface area (Å²) in [5.74, 6) is -0.538. The maximum Gasteiger partial charge on any atom is 0.340 e. The molecule has 0 spiro atoms. The van der Waals surface area contributed by atoms with E-state index in [1.807, 2.05) is 183 Å². The van der Waals surface area contributed by atoms with Crippen molar-refractivity contribution in [1.82, 2.24) is 4.57 Å². The van der Waals surface area contributed by atoms with Crippen LogP contribution in [0.15, 0.2) is 194 Å². The number of hydrogen-bond donors (Lipinski definition) is 1. The van der Waals surface area contributed by atoms with Crippen LogP contribution >= 0.6 is 15.9 Å². The average molecular weight is 834 g/mol. The van der Waals surface area contributed by atoms with Crippen LogP contribution in [0, 0.1) is 0 Å². The van der Waals surface area contributed by atoms with Gasteiger partial charge in [-0.25, -0.2) is 9.59 Å². The van der Waals surface area contributed by atoms with E-state index in [-0.39, 0.29) is 17.7 Å². The van der Waals surface area contributed by atoms with E-state index in [9.17, 15) is 14.4 Å². The van der Waals surface area contributed by atoms with E-state index in [4.69, 9.17) is 9.47 Å². The number of nitrogens with one attached hydrogen (secondary N) is 1. The number of rotatable bonds is 12. The van der Waals surface area contributed by atoms with Crippen molar-refractivity contribution in [2.75, 3.05) is 23.9 Å². The summed E-state index contributed by atoms with van der Waals surface area (Å²) in [6.07, 6.45) is 1.48. The molecule has 7 aromatic rings. The highest BCUT2D eigenvalue weighted by molar-refractivity contribution is 9.09. The summed E-state index contributed by atoms with van der Waals surface area (Å²) in [5, 5.41) is 3.64. The Morgan fingerprint density at radius 1 is 0.586 bits per heavy atom. The van der Waals surface area contributed by atoms with Gasteiger partial charge in [0, 0.05) is 23.0 Å². The molecule has 58 heavy (non-hydrogen) atoms. The number of nitrogens with zero attached hydrogens (tertiary/aromatic N) is 1. The summed E-state index contributed by atoms with van der Waals surface area (Å²) in [4.78, 5) is 35.5. The standard InChI is InChI=1S/C25H21NO2.C17H17NO2.C8H7BrO/c1-2-28-25(27)22-18-23(19-12-6-3-7-13-19)26(21-16-10-5-11-17-21)24(22)20-14-8-4-9-15-20;1-2-20-17(19)13-16(14-9-5-3-6-10-14)18-15-11-7-4-8-12-15;9-6-8(10)7-4-2-1-3-5-7/h3-18H,2H2,1H3;3-13,18H,2H2,1H3;1-5H,6H2/b;16-13-;. The Labute approximate surface area is 348 Å². The fourth-order valence-electron chi connectivity index (χ4n) is 5.91. The Morgan fingerprint density at radius 2 is 1.05 bits per heavy atom. The lowest BCUT2D eigenvalue weighted by Gasteiger charge is -2.15. The van der Waals surface area contributed by atoms with Crippen molar-refractivity contribution < 1.29 is 23.9 Å². The number of carbonyl (C=O) groups excluding carboxylic acids is 3. The SMILES string of the molecule is CCOC(=O)/C=C(\Nc1ccccc1)c1ccccc1.CCOC(=O)c1cc(-c2ccccc2)n(-c2ccccc2)c1-c1ccccc1.O=C(CBr)c1ccccc1. The van der Waals surface area contributed by atoms with E-state index in [1.54, 1.807) is 6.92 Å². The van der Waals surface area contributed by atoms with E-state index in [1.165, 1.54) is 6.08 Å². The minimum absolute atomic E-state index is 0.126. The molecule has 1 aromatic heterocycles. The van der Waals surface area contributed by atoms with E-state index in [2.05, 4.69) is 37.9 Å². The second-order valence-electron chi connectivity index (χ2n) is 12.5. The molecule has 292 valence electrons. The van der Waals surface area contributed by atoms with Crippen LogP contribution in [-0.2, 0) is 14.3 Å². The van der Waals surface area contributed by atoms with Gasteiger partial charge in [-0.1, -0.05) is 174 Å². The molecular weight excluding hydrogens is 788 g/mol. The van der Waals surface area contributed by atoms with Crippen LogP contribution in [0.3, 0.4) is 0 Å². The van der Waals surface area contributed by atoms with Gasteiger partial charge in [0.2, 0.25) is 0 Å². The third kappa shape index (κ3) is 12.1. The average Bonchev–Trinajstić information content (AvgIpc) is 3.70. The van der Waals surface area contributed by atoms with Crippen molar-refractivity contribution in [3.05, 3.63) is 211 Å². The molecule has 0 saturated heterocycles. The summed E-state index contributed by atoms with van der Waals surface area (Å²) < 4.78 is 12.5. The van der Waals surface area contributed by atoms with Crippen molar-refractivity contribution in [2.24, 2.45) is 0 Å². The van der Waals surface area contributed by atoms with E-state index < -0.39 is 0 Å². The van der Waals surface area contributed by atoms with Gasteiger partial charge in [-0.05, 0) is 60.9 Å². The number of para-hydroxylation sites is 2. The van der Waals surface area contributed by atoms with E-state index in [0.29, 0.717) is 24.1 Å². The van der Waals surface area contributed by atoms with Gasteiger partial charge in [0.05, 0.1) is 41.2 Å². The van der Waals surface area contributed by atoms with Crippen molar-refractivity contribution in [3.8, 4) is 28.2 Å². The number of ketones is 1. The Kier molecular flexibility index (Phi) is 16.6. The molecule has 7 rings (SSSR count). The molecule has 7 nitrogen and oxygen atoms in total. The maximum atomic E-state index is 12.8. The van der Waals surface area contributed by atoms with Crippen LogP contribution in [0.1, 0.15) is 40.1 Å². The topological polar surface area (TPSA) is 86.6 Å². The quantitative estimate of drug-likeness (QED) is 0.0571. The Bertz CT molecular complexity index is 2350. The normalized spacial score (nSPS) is 10.5. The van der Waals surface area contributed by atoms with Gasteiger partial charge in [-0.2, -0.15) is 0 Å². The number of carbonyl (C=O) groups is 3. The summed E-state index contributed by atoms with van der Waals surface area (Å²) in [6.45, 7) is 4.32. The summed E-state index contributed by atoms with van der Waals surface area (Å²) >= 11 is 3.10. The number of ether oxygens (including phenoxy) is 2.